The maximum absolute atomic E-state index is 12.3. The Balaban J connectivity index is 3.04. The second kappa shape index (κ2) is 7.01. The van der Waals surface area contributed by atoms with Crippen LogP contribution in [-0.2, 0) is 14.8 Å². The van der Waals surface area contributed by atoms with Gasteiger partial charge < -0.3 is 4.79 Å². The van der Waals surface area contributed by atoms with Crippen LogP contribution in [0.5, 0.6) is 0 Å². The minimum absolute atomic E-state index is 0.140. The highest BCUT2D eigenvalue weighted by Gasteiger charge is 2.22. The SMILES string of the molecule is C=C/C=C/CN(CC=O)S(=O)(=O)c1ccc(C)cc1. The van der Waals surface area contributed by atoms with Gasteiger partial charge in [0.2, 0.25) is 10.0 Å². The van der Waals surface area contributed by atoms with E-state index in [1.165, 1.54) is 0 Å². The lowest BCUT2D eigenvalue weighted by molar-refractivity contribution is -0.108. The molecule has 0 aliphatic rings. The number of benzene rings is 1. The number of sulfonamides is 1. The molecule has 0 saturated heterocycles. The van der Waals surface area contributed by atoms with Crippen LogP contribution in [0, 0.1) is 6.92 Å². The van der Waals surface area contributed by atoms with Crippen LogP contribution in [-0.4, -0.2) is 32.1 Å². The Kier molecular flexibility index (Phi) is 5.66. The van der Waals surface area contributed by atoms with Gasteiger partial charge >= 0.3 is 0 Å². The Morgan fingerprint density at radius 3 is 2.37 bits per heavy atom. The molecule has 5 heteroatoms. The molecule has 0 aromatic heterocycles. The van der Waals surface area contributed by atoms with E-state index in [-0.39, 0.29) is 18.0 Å². The number of carbonyl (C=O) groups is 1. The molecule has 0 N–H and O–H groups in total. The molecule has 0 bridgehead atoms. The standard InChI is InChI=1S/C14H17NO3S/c1-3-4-5-10-15(11-12-16)19(17,18)14-8-6-13(2)7-9-14/h3-9,12H,1,10-11H2,2H3/b5-4+. The van der Waals surface area contributed by atoms with Crippen molar-refractivity contribution in [2.24, 2.45) is 0 Å². The molecule has 0 unspecified atom stereocenters. The molecule has 4 nitrogen and oxygen atoms in total. The highest BCUT2D eigenvalue weighted by atomic mass is 32.2. The summed E-state index contributed by atoms with van der Waals surface area (Å²) in [5.74, 6) is 0. The lowest BCUT2D eigenvalue weighted by Gasteiger charge is -2.18. The summed E-state index contributed by atoms with van der Waals surface area (Å²) in [6.07, 6.45) is 5.41. The van der Waals surface area contributed by atoms with Gasteiger partial charge in [-0.2, -0.15) is 4.31 Å². The van der Waals surface area contributed by atoms with Crippen LogP contribution in [0.25, 0.3) is 0 Å². The molecule has 1 rings (SSSR count). The zero-order valence-corrected chi connectivity index (χ0v) is 11.6. The first kappa shape index (κ1) is 15.3. The molecule has 1 aromatic rings. The van der Waals surface area contributed by atoms with E-state index >= 15 is 0 Å². The minimum Gasteiger partial charge on any atom is -0.302 e. The summed E-state index contributed by atoms with van der Waals surface area (Å²) >= 11 is 0. The topological polar surface area (TPSA) is 54.5 Å². The van der Waals surface area contributed by atoms with E-state index < -0.39 is 10.0 Å². The third-order valence-electron chi connectivity index (χ3n) is 2.52. The Hall–Kier alpha value is -1.72. The molecule has 0 heterocycles. The first-order valence-corrected chi connectivity index (χ1v) is 7.24. The van der Waals surface area contributed by atoms with Gasteiger partial charge in [0, 0.05) is 6.54 Å². The van der Waals surface area contributed by atoms with E-state index in [1.54, 1.807) is 42.5 Å². The van der Waals surface area contributed by atoms with Crippen molar-refractivity contribution in [1.82, 2.24) is 4.31 Å². The third-order valence-corrected chi connectivity index (χ3v) is 4.36. The Morgan fingerprint density at radius 1 is 1.21 bits per heavy atom. The maximum Gasteiger partial charge on any atom is 0.243 e. The lowest BCUT2D eigenvalue weighted by atomic mass is 10.2. The number of hydrogen-bond donors (Lipinski definition) is 0. The van der Waals surface area contributed by atoms with Gasteiger partial charge in [-0.25, -0.2) is 8.42 Å². The van der Waals surface area contributed by atoms with Crippen molar-refractivity contribution in [2.75, 3.05) is 13.1 Å². The lowest BCUT2D eigenvalue weighted by Crippen LogP contribution is -2.32. The molecule has 102 valence electrons. The van der Waals surface area contributed by atoms with Gasteiger partial charge in [-0.3, -0.25) is 0 Å². The molecule has 0 fully saturated rings. The smallest absolute Gasteiger partial charge is 0.243 e. The first-order valence-electron chi connectivity index (χ1n) is 5.80. The van der Waals surface area contributed by atoms with Crippen LogP contribution in [0.3, 0.4) is 0 Å². The quantitative estimate of drug-likeness (QED) is 0.566. The van der Waals surface area contributed by atoms with Crippen molar-refractivity contribution in [3.63, 3.8) is 0 Å². The van der Waals surface area contributed by atoms with Crippen LogP contribution < -0.4 is 0 Å². The summed E-state index contributed by atoms with van der Waals surface area (Å²) in [7, 11) is -3.64. The minimum atomic E-state index is -3.64. The summed E-state index contributed by atoms with van der Waals surface area (Å²) < 4.78 is 25.8. The molecule has 19 heavy (non-hydrogen) atoms. The highest BCUT2D eigenvalue weighted by molar-refractivity contribution is 7.89. The van der Waals surface area contributed by atoms with E-state index in [9.17, 15) is 13.2 Å². The molecule has 0 aliphatic carbocycles. The second-order valence-corrected chi connectivity index (χ2v) is 5.90. The van der Waals surface area contributed by atoms with Crippen LogP contribution in [0.15, 0.2) is 54.0 Å². The van der Waals surface area contributed by atoms with Crippen molar-refractivity contribution < 1.29 is 13.2 Å². The number of nitrogens with zero attached hydrogens (tertiary/aromatic N) is 1. The summed E-state index contributed by atoms with van der Waals surface area (Å²) in [5.41, 5.74) is 0.979. The summed E-state index contributed by atoms with van der Waals surface area (Å²) in [6, 6.07) is 6.54. The number of aldehydes is 1. The fourth-order valence-electron chi connectivity index (χ4n) is 1.49. The Bertz CT molecular complexity index is 559. The average molecular weight is 279 g/mol. The average Bonchev–Trinajstić information content (AvgIpc) is 2.38. The zero-order valence-electron chi connectivity index (χ0n) is 10.8. The Morgan fingerprint density at radius 2 is 1.84 bits per heavy atom. The normalized spacial score (nSPS) is 11.9. The van der Waals surface area contributed by atoms with Gasteiger partial charge in [-0.1, -0.05) is 42.5 Å². The molecular weight excluding hydrogens is 262 g/mol. The number of allylic oxidation sites excluding steroid dienone is 2. The Labute approximate surface area is 114 Å². The molecule has 0 aliphatic heterocycles. The van der Waals surface area contributed by atoms with E-state index in [0.29, 0.717) is 6.29 Å². The van der Waals surface area contributed by atoms with Crippen molar-refractivity contribution in [3.05, 3.63) is 54.6 Å². The van der Waals surface area contributed by atoms with Crippen molar-refractivity contribution >= 4 is 16.3 Å². The van der Waals surface area contributed by atoms with Gasteiger partial charge in [-0.05, 0) is 19.1 Å². The highest BCUT2D eigenvalue weighted by Crippen LogP contribution is 2.15. The monoisotopic (exact) mass is 279 g/mol. The summed E-state index contributed by atoms with van der Waals surface area (Å²) in [6.45, 7) is 5.36. The van der Waals surface area contributed by atoms with E-state index in [4.69, 9.17) is 0 Å². The predicted molar refractivity (Wildman–Crippen MR) is 75.3 cm³/mol. The van der Waals surface area contributed by atoms with Crippen LogP contribution in [0.1, 0.15) is 5.56 Å². The fraction of sp³-hybridized carbons (Fsp3) is 0.214. The van der Waals surface area contributed by atoms with Crippen molar-refractivity contribution in [1.29, 1.82) is 0 Å². The molecule has 0 amide bonds. The second-order valence-electron chi connectivity index (χ2n) is 3.97. The summed E-state index contributed by atoms with van der Waals surface area (Å²) in [4.78, 5) is 10.8. The van der Waals surface area contributed by atoms with Crippen LogP contribution >= 0.6 is 0 Å². The van der Waals surface area contributed by atoms with Crippen molar-refractivity contribution in [3.8, 4) is 0 Å². The van der Waals surface area contributed by atoms with Gasteiger partial charge in [-0.15, -0.1) is 0 Å². The molecule has 1 aromatic carbocycles. The largest absolute Gasteiger partial charge is 0.302 e. The molecular formula is C14H17NO3S. The number of rotatable bonds is 7. The van der Waals surface area contributed by atoms with Gasteiger partial charge in [0.25, 0.3) is 0 Å². The number of carbonyl (C=O) groups excluding carboxylic acids is 1. The predicted octanol–water partition coefficient (Wildman–Crippen LogP) is 1.93. The van der Waals surface area contributed by atoms with Gasteiger partial charge in [0.1, 0.15) is 6.29 Å². The fourth-order valence-corrected chi connectivity index (χ4v) is 2.81. The van der Waals surface area contributed by atoms with Gasteiger partial charge in [0.15, 0.2) is 0 Å². The number of aryl methyl sites for hydroxylation is 1. The molecule has 0 spiro atoms. The van der Waals surface area contributed by atoms with E-state index in [0.717, 1.165) is 9.87 Å². The molecule has 0 radical (unpaired) electrons. The number of hydrogen-bond acceptors (Lipinski definition) is 3. The maximum atomic E-state index is 12.3. The molecule has 0 saturated carbocycles. The summed E-state index contributed by atoms with van der Waals surface area (Å²) in [5, 5.41) is 0. The van der Waals surface area contributed by atoms with Crippen LogP contribution in [0.2, 0.25) is 0 Å². The third kappa shape index (κ3) is 4.15. The van der Waals surface area contributed by atoms with E-state index in [1.807, 2.05) is 6.92 Å². The first-order chi connectivity index (χ1) is 9.02. The van der Waals surface area contributed by atoms with E-state index in [2.05, 4.69) is 6.58 Å². The van der Waals surface area contributed by atoms with Crippen LogP contribution in [0.4, 0.5) is 0 Å². The molecule has 0 atom stereocenters. The zero-order chi connectivity index (χ0) is 14.3. The van der Waals surface area contributed by atoms with Crippen molar-refractivity contribution in [2.45, 2.75) is 11.8 Å². The van der Waals surface area contributed by atoms with Gasteiger partial charge in [0.05, 0.1) is 11.4 Å².